The standard InChI is InChI=1S/C14H16N2O2/c15-9-14(11-5-7-16-8-6-11)18-13-4-2-1-3-12(13)10-17/h1-8,14,17H,9-10,15H2. The zero-order valence-corrected chi connectivity index (χ0v) is 9.99. The van der Waals surface area contributed by atoms with Crippen LogP contribution in [0.5, 0.6) is 5.75 Å². The normalized spacial score (nSPS) is 12.1. The van der Waals surface area contributed by atoms with Crippen molar-refractivity contribution < 1.29 is 9.84 Å². The molecule has 0 aliphatic carbocycles. The number of aromatic nitrogens is 1. The number of aliphatic hydroxyl groups excluding tert-OH is 1. The summed E-state index contributed by atoms with van der Waals surface area (Å²) in [5, 5.41) is 9.25. The van der Waals surface area contributed by atoms with Crippen LogP contribution in [0, 0.1) is 0 Å². The van der Waals surface area contributed by atoms with Crippen LogP contribution >= 0.6 is 0 Å². The fraction of sp³-hybridized carbons (Fsp3) is 0.214. The van der Waals surface area contributed by atoms with Gasteiger partial charge in [-0.3, -0.25) is 4.98 Å². The maximum absolute atomic E-state index is 9.25. The molecule has 0 saturated carbocycles. The van der Waals surface area contributed by atoms with Crippen LogP contribution in [0.15, 0.2) is 48.8 Å². The summed E-state index contributed by atoms with van der Waals surface area (Å²) in [5.41, 5.74) is 7.46. The van der Waals surface area contributed by atoms with Gasteiger partial charge in [0, 0.05) is 24.5 Å². The second-order valence-electron chi connectivity index (χ2n) is 3.89. The highest BCUT2D eigenvalue weighted by Gasteiger charge is 2.12. The molecule has 2 aromatic rings. The van der Waals surface area contributed by atoms with Crippen LogP contribution in [0.2, 0.25) is 0 Å². The molecule has 4 heteroatoms. The van der Waals surface area contributed by atoms with Crippen molar-refractivity contribution in [2.24, 2.45) is 5.73 Å². The average molecular weight is 244 g/mol. The molecule has 1 aromatic heterocycles. The predicted octanol–water partition coefficient (Wildman–Crippen LogP) is 1.65. The Morgan fingerprint density at radius 1 is 1.17 bits per heavy atom. The van der Waals surface area contributed by atoms with E-state index in [1.807, 2.05) is 36.4 Å². The van der Waals surface area contributed by atoms with Gasteiger partial charge in [0.1, 0.15) is 11.9 Å². The van der Waals surface area contributed by atoms with E-state index in [9.17, 15) is 5.11 Å². The predicted molar refractivity (Wildman–Crippen MR) is 69.0 cm³/mol. The minimum atomic E-state index is -0.235. The topological polar surface area (TPSA) is 68.4 Å². The first kappa shape index (κ1) is 12.5. The summed E-state index contributed by atoms with van der Waals surface area (Å²) in [5.74, 6) is 0.660. The van der Waals surface area contributed by atoms with Gasteiger partial charge in [0.2, 0.25) is 0 Å². The number of ether oxygens (including phenoxy) is 1. The monoisotopic (exact) mass is 244 g/mol. The Labute approximate surface area is 106 Å². The highest BCUT2D eigenvalue weighted by molar-refractivity contribution is 5.33. The number of rotatable bonds is 5. The van der Waals surface area contributed by atoms with Crippen molar-refractivity contribution in [3.05, 3.63) is 59.9 Å². The third-order valence-corrected chi connectivity index (χ3v) is 2.70. The van der Waals surface area contributed by atoms with Gasteiger partial charge < -0.3 is 15.6 Å². The molecule has 0 fully saturated rings. The van der Waals surface area contributed by atoms with E-state index in [4.69, 9.17) is 10.5 Å². The second-order valence-corrected chi connectivity index (χ2v) is 3.89. The number of nitrogens with zero attached hydrogens (tertiary/aromatic N) is 1. The van der Waals surface area contributed by atoms with Crippen molar-refractivity contribution in [1.29, 1.82) is 0 Å². The highest BCUT2D eigenvalue weighted by atomic mass is 16.5. The van der Waals surface area contributed by atoms with Crippen molar-refractivity contribution in [3.8, 4) is 5.75 Å². The molecule has 1 unspecified atom stereocenters. The lowest BCUT2D eigenvalue weighted by atomic mass is 10.1. The van der Waals surface area contributed by atoms with Crippen LogP contribution < -0.4 is 10.5 Å². The van der Waals surface area contributed by atoms with Gasteiger partial charge in [-0.15, -0.1) is 0 Å². The van der Waals surface area contributed by atoms with Gasteiger partial charge in [-0.05, 0) is 23.8 Å². The lowest BCUT2D eigenvalue weighted by molar-refractivity contribution is 0.203. The van der Waals surface area contributed by atoms with Gasteiger partial charge in [0.15, 0.2) is 0 Å². The molecule has 0 aliphatic rings. The van der Waals surface area contributed by atoms with Crippen LogP contribution in [-0.2, 0) is 6.61 Å². The van der Waals surface area contributed by atoms with E-state index in [0.29, 0.717) is 12.3 Å². The van der Waals surface area contributed by atoms with Crippen molar-refractivity contribution >= 4 is 0 Å². The van der Waals surface area contributed by atoms with Crippen molar-refractivity contribution in [3.63, 3.8) is 0 Å². The first-order chi connectivity index (χ1) is 8.85. The molecule has 1 aromatic carbocycles. The van der Waals surface area contributed by atoms with Crippen molar-refractivity contribution in [2.75, 3.05) is 6.54 Å². The van der Waals surface area contributed by atoms with Gasteiger partial charge >= 0.3 is 0 Å². The summed E-state index contributed by atoms with van der Waals surface area (Å²) in [6.07, 6.45) is 3.18. The molecule has 1 atom stereocenters. The van der Waals surface area contributed by atoms with E-state index >= 15 is 0 Å². The molecule has 2 rings (SSSR count). The molecule has 94 valence electrons. The number of hydrogen-bond acceptors (Lipinski definition) is 4. The minimum Gasteiger partial charge on any atom is -0.484 e. The summed E-state index contributed by atoms with van der Waals surface area (Å²) in [6.45, 7) is 0.313. The molecule has 0 aliphatic heterocycles. The highest BCUT2D eigenvalue weighted by Crippen LogP contribution is 2.24. The molecule has 0 spiro atoms. The summed E-state index contributed by atoms with van der Waals surface area (Å²) >= 11 is 0. The number of nitrogens with two attached hydrogens (primary N) is 1. The Hall–Kier alpha value is -1.91. The molecule has 4 nitrogen and oxygen atoms in total. The number of pyridine rings is 1. The van der Waals surface area contributed by atoms with Crippen LogP contribution in [0.25, 0.3) is 0 Å². The smallest absolute Gasteiger partial charge is 0.136 e. The van der Waals surface area contributed by atoms with E-state index in [1.54, 1.807) is 12.4 Å². The lowest BCUT2D eigenvalue weighted by Gasteiger charge is -2.19. The maximum Gasteiger partial charge on any atom is 0.136 e. The SMILES string of the molecule is NCC(Oc1ccccc1CO)c1ccncc1. The molecule has 18 heavy (non-hydrogen) atoms. The Morgan fingerprint density at radius 3 is 2.56 bits per heavy atom. The molecular weight excluding hydrogens is 228 g/mol. The fourth-order valence-corrected chi connectivity index (χ4v) is 1.73. The molecular formula is C14H16N2O2. The molecule has 0 amide bonds. The van der Waals surface area contributed by atoms with E-state index in [0.717, 1.165) is 11.1 Å². The van der Waals surface area contributed by atoms with Gasteiger partial charge in [-0.2, -0.15) is 0 Å². The van der Waals surface area contributed by atoms with Crippen LogP contribution in [0.1, 0.15) is 17.2 Å². The summed E-state index contributed by atoms with van der Waals surface area (Å²) < 4.78 is 5.86. The molecule has 1 heterocycles. The Morgan fingerprint density at radius 2 is 1.89 bits per heavy atom. The molecule has 0 bridgehead atoms. The third-order valence-electron chi connectivity index (χ3n) is 2.70. The van der Waals surface area contributed by atoms with Crippen molar-refractivity contribution in [2.45, 2.75) is 12.7 Å². The minimum absolute atomic E-state index is 0.0518. The number of aliphatic hydroxyl groups is 1. The Bertz CT molecular complexity index is 488. The third kappa shape index (κ3) is 2.85. The van der Waals surface area contributed by atoms with Crippen molar-refractivity contribution in [1.82, 2.24) is 4.98 Å². The van der Waals surface area contributed by atoms with Gasteiger partial charge in [0.05, 0.1) is 6.61 Å². The summed E-state index contributed by atoms with van der Waals surface area (Å²) in [6, 6.07) is 11.1. The number of benzene rings is 1. The molecule has 3 N–H and O–H groups in total. The molecule has 0 radical (unpaired) electrons. The summed E-state index contributed by atoms with van der Waals surface area (Å²) in [4.78, 5) is 3.97. The quantitative estimate of drug-likeness (QED) is 0.839. The Kier molecular flexibility index (Phi) is 4.28. The first-order valence-electron chi connectivity index (χ1n) is 5.80. The van der Waals surface area contributed by atoms with E-state index in [1.165, 1.54) is 0 Å². The zero-order valence-electron chi connectivity index (χ0n) is 9.99. The van der Waals surface area contributed by atoms with Gasteiger partial charge in [0.25, 0.3) is 0 Å². The van der Waals surface area contributed by atoms with Crippen LogP contribution in [-0.4, -0.2) is 16.6 Å². The number of para-hydroxylation sites is 1. The average Bonchev–Trinajstić information content (AvgIpc) is 2.46. The van der Waals surface area contributed by atoms with E-state index in [2.05, 4.69) is 4.98 Å². The second kappa shape index (κ2) is 6.14. The van der Waals surface area contributed by atoms with Gasteiger partial charge in [-0.1, -0.05) is 18.2 Å². The fourth-order valence-electron chi connectivity index (χ4n) is 1.73. The maximum atomic E-state index is 9.25. The largest absolute Gasteiger partial charge is 0.484 e. The lowest BCUT2D eigenvalue weighted by Crippen LogP contribution is -2.19. The Balaban J connectivity index is 2.21. The molecule has 0 saturated heterocycles. The van der Waals surface area contributed by atoms with Gasteiger partial charge in [-0.25, -0.2) is 0 Å². The first-order valence-corrected chi connectivity index (χ1v) is 5.80. The van der Waals surface area contributed by atoms with E-state index in [-0.39, 0.29) is 12.7 Å². The summed E-state index contributed by atoms with van der Waals surface area (Å²) in [7, 11) is 0. The van der Waals surface area contributed by atoms with E-state index < -0.39 is 0 Å². The van der Waals surface area contributed by atoms with Crippen LogP contribution in [0.4, 0.5) is 0 Å². The number of hydrogen-bond donors (Lipinski definition) is 2. The zero-order chi connectivity index (χ0) is 12.8. The van der Waals surface area contributed by atoms with Crippen LogP contribution in [0.3, 0.4) is 0 Å².